The molecule has 1 aromatic heterocycles. The van der Waals surface area contributed by atoms with Gasteiger partial charge in [-0.3, -0.25) is 4.79 Å². The Balaban J connectivity index is 1.39. The highest BCUT2D eigenvalue weighted by atomic mass is 16.7. The van der Waals surface area contributed by atoms with E-state index in [1.54, 1.807) is 23.1 Å². The van der Waals surface area contributed by atoms with Gasteiger partial charge in [-0.1, -0.05) is 30.3 Å². The number of carbonyl (C=O) groups excluding carboxylic acids is 1. The molecule has 0 unspecified atom stereocenters. The first-order valence-corrected chi connectivity index (χ1v) is 8.46. The molecule has 0 fully saturated rings. The molecule has 0 bridgehead atoms. The average molecular weight is 348 g/mol. The van der Waals surface area contributed by atoms with Crippen LogP contribution in [0.2, 0.25) is 0 Å². The molecule has 5 rings (SSSR count). The van der Waals surface area contributed by atoms with Crippen molar-refractivity contribution in [3.05, 3.63) is 59.9 Å². The lowest BCUT2D eigenvalue weighted by atomic mass is 10.1. The Bertz CT molecular complexity index is 984. The minimum atomic E-state index is -0.0428. The van der Waals surface area contributed by atoms with E-state index in [0.717, 1.165) is 17.2 Å². The molecule has 3 aromatic rings. The number of rotatable bonds is 2. The fraction of sp³-hybridized carbons (Fsp3) is 0.211. The molecule has 7 nitrogen and oxygen atoms in total. The maximum Gasteiger partial charge on any atom is 0.254 e. The monoisotopic (exact) mass is 348 g/mol. The van der Waals surface area contributed by atoms with Crippen LogP contribution in [0.1, 0.15) is 16.2 Å². The molecule has 26 heavy (non-hydrogen) atoms. The molecule has 1 amide bonds. The van der Waals surface area contributed by atoms with Crippen LogP contribution in [0.25, 0.3) is 11.4 Å². The van der Waals surface area contributed by atoms with Gasteiger partial charge in [-0.15, -0.1) is 10.2 Å². The Morgan fingerprint density at radius 2 is 1.81 bits per heavy atom. The van der Waals surface area contributed by atoms with Gasteiger partial charge in [-0.2, -0.15) is 0 Å². The zero-order valence-electron chi connectivity index (χ0n) is 14.0. The minimum Gasteiger partial charge on any atom is -0.454 e. The Labute approximate surface area is 149 Å². The largest absolute Gasteiger partial charge is 0.454 e. The first kappa shape index (κ1) is 14.9. The van der Waals surface area contributed by atoms with Gasteiger partial charge in [0.05, 0.1) is 6.54 Å². The van der Waals surface area contributed by atoms with E-state index >= 15 is 0 Å². The summed E-state index contributed by atoms with van der Waals surface area (Å²) in [6.07, 6.45) is 0. The summed E-state index contributed by atoms with van der Waals surface area (Å²) >= 11 is 0. The fourth-order valence-corrected chi connectivity index (χ4v) is 3.34. The van der Waals surface area contributed by atoms with Crippen LogP contribution in [-0.2, 0) is 13.1 Å². The number of carbonyl (C=O) groups is 1. The summed E-state index contributed by atoms with van der Waals surface area (Å²) in [6.45, 7) is 1.91. The van der Waals surface area contributed by atoms with Crippen LogP contribution in [0.5, 0.6) is 11.5 Å². The Hall–Kier alpha value is -3.35. The van der Waals surface area contributed by atoms with Crippen molar-refractivity contribution in [3.8, 4) is 22.9 Å². The van der Waals surface area contributed by atoms with E-state index in [9.17, 15) is 4.79 Å². The van der Waals surface area contributed by atoms with Crippen molar-refractivity contribution in [1.82, 2.24) is 19.7 Å². The molecule has 0 spiro atoms. The van der Waals surface area contributed by atoms with Crippen molar-refractivity contribution in [1.29, 1.82) is 0 Å². The molecule has 0 N–H and O–H groups in total. The van der Waals surface area contributed by atoms with Gasteiger partial charge in [0.25, 0.3) is 5.91 Å². The summed E-state index contributed by atoms with van der Waals surface area (Å²) in [7, 11) is 0. The number of ether oxygens (including phenoxy) is 2. The van der Waals surface area contributed by atoms with Gasteiger partial charge in [0.1, 0.15) is 0 Å². The summed E-state index contributed by atoms with van der Waals surface area (Å²) in [5, 5.41) is 8.61. The third-order valence-corrected chi connectivity index (χ3v) is 4.69. The highest BCUT2D eigenvalue weighted by Crippen LogP contribution is 2.33. The number of benzene rings is 2. The van der Waals surface area contributed by atoms with Crippen LogP contribution in [0.4, 0.5) is 0 Å². The number of nitrogens with zero attached hydrogens (tertiary/aromatic N) is 4. The molecule has 130 valence electrons. The minimum absolute atomic E-state index is 0.0428. The predicted octanol–water partition coefficient (Wildman–Crippen LogP) is 2.33. The highest BCUT2D eigenvalue weighted by Gasteiger charge is 2.26. The van der Waals surface area contributed by atoms with Crippen molar-refractivity contribution in [2.45, 2.75) is 13.1 Å². The Kier molecular flexibility index (Phi) is 3.38. The van der Waals surface area contributed by atoms with Gasteiger partial charge in [0, 0.05) is 24.2 Å². The lowest BCUT2D eigenvalue weighted by Crippen LogP contribution is -2.38. The van der Waals surface area contributed by atoms with Crippen LogP contribution in [0, 0.1) is 0 Å². The van der Waals surface area contributed by atoms with Crippen LogP contribution >= 0.6 is 0 Å². The number of fused-ring (bicyclic) bond motifs is 2. The second-order valence-corrected chi connectivity index (χ2v) is 6.25. The van der Waals surface area contributed by atoms with Crippen molar-refractivity contribution in [3.63, 3.8) is 0 Å². The van der Waals surface area contributed by atoms with Crippen molar-refractivity contribution < 1.29 is 14.3 Å². The highest BCUT2D eigenvalue weighted by molar-refractivity contribution is 5.95. The standard InChI is InChI=1S/C19H16N4O3/c24-19(14-6-7-15-16(10-14)26-12-25-15)22-8-9-23-17(11-22)20-21-18(23)13-4-2-1-3-5-13/h1-7,10H,8-9,11-12H2. The van der Waals surface area contributed by atoms with Crippen molar-refractivity contribution >= 4 is 5.91 Å². The molecule has 2 aliphatic heterocycles. The zero-order chi connectivity index (χ0) is 17.5. The van der Waals surface area contributed by atoms with Crippen LogP contribution in [0.15, 0.2) is 48.5 Å². The summed E-state index contributed by atoms with van der Waals surface area (Å²) in [6, 6.07) is 15.2. The predicted molar refractivity (Wildman–Crippen MR) is 92.8 cm³/mol. The topological polar surface area (TPSA) is 69.5 Å². The second kappa shape index (κ2) is 5.87. The fourth-order valence-electron chi connectivity index (χ4n) is 3.34. The van der Waals surface area contributed by atoms with Crippen molar-refractivity contribution in [2.24, 2.45) is 0 Å². The molecule has 0 saturated heterocycles. The maximum absolute atomic E-state index is 12.9. The third-order valence-electron chi connectivity index (χ3n) is 4.69. The number of aromatic nitrogens is 3. The lowest BCUT2D eigenvalue weighted by molar-refractivity contribution is 0.0707. The molecule has 0 radical (unpaired) electrons. The molecule has 2 aromatic carbocycles. The van der Waals surface area contributed by atoms with Gasteiger partial charge in [0.15, 0.2) is 23.1 Å². The van der Waals surface area contributed by atoms with Gasteiger partial charge in [-0.05, 0) is 18.2 Å². The molecule has 0 aliphatic carbocycles. The van der Waals surface area contributed by atoms with Gasteiger partial charge in [-0.25, -0.2) is 0 Å². The molecular weight excluding hydrogens is 332 g/mol. The van der Waals surface area contributed by atoms with Gasteiger partial charge >= 0.3 is 0 Å². The van der Waals surface area contributed by atoms with E-state index in [1.807, 2.05) is 30.3 Å². The Morgan fingerprint density at radius 3 is 2.69 bits per heavy atom. The molecule has 2 aliphatic rings. The second-order valence-electron chi connectivity index (χ2n) is 6.25. The zero-order valence-corrected chi connectivity index (χ0v) is 14.0. The molecule has 7 heteroatoms. The number of hydrogen-bond acceptors (Lipinski definition) is 5. The quantitative estimate of drug-likeness (QED) is 0.711. The van der Waals surface area contributed by atoms with Crippen LogP contribution < -0.4 is 9.47 Å². The average Bonchev–Trinajstić information content (AvgIpc) is 3.33. The third kappa shape index (κ3) is 2.40. The smallest absolute Gasteiger partial charge is 0.254 e. The number of amides is 1. The molecule has 3 heterocycles. The normalized spacial score (nSPS) is 15.0. The van der Waals surface area contributed by atoms with Crippen molar-refractivity contribution in [2.75, 3.05) is 13.3 Å². The first-order chi connectivity index (χ1) is 12.8. The lowest BCUT2D eigenvalue weighted by Gasteiger charge is -2.28. The SMILES string of the molecule is O=C(c1ccc2c(c1)OCO2)N1CCn2c(nnc2-c2ccccc2)C1. The Morgan fingerprint density at radius 1 is 0.962 bits per heavy atom. The van der Waals surface area contributed by atoms with E-state index in [2.05, 4.69) is 14.8 Å². The van der Waals surface area contributed by atoms with E-state index in [0.29, 0.717) is 36.7 Å². The number of hydrogen-bond donors (Lipinski definition) is 0. The first-order valence-electron chi connectivity index (χ1n) is 8.46. The van der Waals surface area contributed by atoms with Crippen LogP contribution in [0.3, 0.4) is 0 Å². The van der Waals surface area contributed by atoms with Gasteiger partial charge in [0.2, 0.25) is 6.79 Å². The van der Waals surface area contributed by atoms with E-state index in [4.69, 9.17) is 9.47 Å². The molecule has 0 atom stereocenters. The van der Waals surface area contributed by atoms with E-state index in [-0.39, 0.29) is 12.7 Å². The summed E-state index contributed by atoms with van der Waals surface area (Å²) in [4.78, 5) is 14.6. The molecule has 0 saturated carbocycles. The molecular formula is C19H16N4O3. The van der Waals surface area contributed by atoms with E-state index in [1.165, 1.54) is 0 Å². The summed E-state index contributed by atoms with van der Waals surface area (Å²) in [5.74, 6) is 2.88. The van der Waals surface area contributed by atoms with Gasteiger partial charge < -0.3 is 18.9 Å². The maximum atomic E-state index is 12.9. The van der Waals surface area contributed by atoms with E-state index < -0.39 is 0 Å². The summed E-state index contributed by atoms with van der Waals surface area (Å²) in [5.41, 5.74) is 1.62. The van der Waals surface area contributed by atoms with Crippen LogP contribution in [-0.4, -0.2) is 38.9 Å². The summed E-state index contributed by atoms with van der Waals surface area (Å²) < 4.78 is 12.7.